The summed E-state index contributed by atoms with van der Waals surface area (Å²) >= 11 is 3.45. The molecule has 1 saturated heterocycles. The Hall–Kier alpha value is -2.62. The number of nitrogens with zero attached hydrogens (tertiary/aromatic N) is 4. The Kier molecular flexibility index (Phi) is 5.23. The van der Waals surface area contributed by atoms with Gasteiger partial charge in [0.25, 0.3) is 0 Å². The Balaban J connectivity index is 1.45. The normalized spacial score (nSPS) is 18.0. The van der Waals surface area contributed by atoms with Gasteiger partial charge in [-0.1, -0.05) is 11.3 Å². The SMILES string of the molecule is CC(C)(C)OC(=O)N1CC(c2cn(Cc3ccc(Br)c4c3C(=O)OC(C)(C)O4)nn2)C1. The van der Waals surface area contributed by atoms with Gasteiger partial charge in [-0.15, -0.1) is 5.10 Å². The molecule has 2 aromatic rings. The molecule has 0 unspecified atom stereocenters. The molecule has 10 heteroatoms. The molecule has 0 atom stereocenters. The number of carbonyl (C=O) groups excluding carboxylic acids is 2. The van der Waals surface area contributed by atoms with E-state index < -0.39 is 17.4 Å². The van der Waals surface area contributed by atoms with E-state index in [0.29, 0.717) is 35.4 Å². The lowest BCUT2D eigenvalue weighted by atomic mass is 9.97. The molecular weight excluding hydrogens is 468 g/mol. The first kappa shape index (κ1) is 21.6. The van der Waals surface area contributed by atoms with E-state index in [9.17, 15) is 9.59 Å². The Morgan fingerprint density at radius 3 is 2.68 bits per heavy atom. The van der Waals surface area contributed by atoms with Crippen LogP contribution in [0.25, 0.3) is 0 Å². The summed E-state index contributed by atoms with van der Waals surface area (Å²) in [4.78, 5) is 26.4. The van der Waals surface area contributed by atoms with Crippen molar-refractivity contribution < 1.29 is 23.8 Å². The third-order valence-electron chi connectivity index (χ3n) is 4.93. The molecule has 31 heavy (non-hydrogen) atoms. The number of ether oxygens (including phenoxy) is 3. The van der Waals surface area contributed by atoms with E-state index in [1.165, 1.54) is 0 Å². The maximum absolute atomic E-state index is 12.6. The number of likely N-dealkylation sites (tertiary alicyclic amines) is 1. The average Bonchev–Trinajstić information content (AvgIpc) is 3.01. The van der Waals surface area contributed by atoms with E-state index in [2.05, 4.69) is 26.2 Å². The molecule has 3 heterocycles. The molecular formula is C21H25BrN4O5. The predicted octanol–water partition coefficient (Wildman–Crippen LogP) is 3.71. The Morgan fingerprint density at radius 1 is 1.29 bits per heavy atom. The van der Waals surface area contributed by atoms with Crippen LogP contribution in [0.4, 0.5) is 4.79 Å². The van der Waals surface area contributed by atoms with Crippen LogP contribution in [-0.4, -0.2) is 56.4 Å². The number of hydrogen-bond acceptors (Lipinski definition) is 7. The molecule has 166 valence electrons. The number of esters is 1. The molecule has 0 spiro atoms. The first-order chi connectivity index (χ1) is 14.4. The topological polar surface area (TPSA) is 95.8 Å². The van der Waals surface area contributed by atoms with E-state index in [-0.39, 0.29) is 12.0 Å². The lowest BCUT2D eigenvalue weighted by Gasteiger charge is -2.38. The fraction of sp³-hybridized carbons (Fsp3) is 0.524. The maximum atomic E-state index is 12.6. The van der Waals surface area contributed by atoms with Crippen molar-refractivity contribution in [2.45, 2.75) is 58.5 Å². The van der Waals surface area contributed by atoms with Gasteiger partial charge in [0.1, 0.15) is 11.2 Å². The van der Waals surface area contributed by atoms with Crippen molar-refractivity contribution in [3.63, 3.8) is 0 Å². The van der Waals surface area contributed by atoms with Crippen LogP contribution in [0.15, 0.2) is 22.8 Å². The zero-order valence-corrected chi connectivity index (χ0v) is 19.7. The minimum atomic E-state index is -1.03. The second kappa shape index (κ2) is 7.51. The fourth-order valence-electron chi connectivity index (χ4n) is 3.49. The molecule has 9 nitrogen and oxygen atoms in total. The third kappa shape index (κ3) is 4.53. The quantitative estimate of drug-likeness (QED) is 0.602. The largest absolute Gasteiger partial charge is 0.451 e. The highest BCUT2D eigenvalue weighted by Gasteiger charge is 2.38. The van der Waals surface area contributed by atoms with E-state index in [1.54, 1.807) is 23.4 Å². The smallest absolute Gasteiger partial charge is 0.410 e. The van der Waals surface area contributed by atoms with Crippen molar-refractivity contribution in [1.82, 2.24) is 19.9 Å². The third-order valence-corrected chi connectivity index (χ3v) is 5.55. The first-order valence-corrected chi connectivity index (χ1v) is 10.8. The van der Waals surface area contributed by atoms with Crippen LogP contribution in [0.3, 0.4) is 0 Å². The number of rotatable bonds is 3. The van der Waals surface area contributed by atoms with Gasteiger partial charge in [-0.25, -0.2) is 14.3 Å². The van der Waals surface area contributed by atoms with E-state index in [1.807, 2.05) is 39.1 Å². The summed E-state index contributed by atoms with van der Waals surface area (Å²) in [5.41, 5.74) is 1.38. The highest BCUT2D eigenvalue weighted by atomic mass is 79.9. The number of hydrogen-bond donors (Lipinski definition) is 0. The molecule has 0 bridgehead atoms. The zero-order valence-electron chi connectivity index (χ0n) is 18.1. The molecule has 2 aliphatic heterocycles. The van der Waals surface area contributed by atoms with Gasteiger partial charge in [0.2, 0.25) is 5.79 Å². The van der Waals surface area contributed by atoms with Crippen LogP contribution in [0.2, 0.25) is 0 Å². The van der Waals surface area contributed by atoms with Crippen LogP contribution in [-0.2, 0) is 16.0 Å². The second-order valence-electron chi connectivity index (χ2n) is 9.23. The zero-order chi connectivity index (χ0) is 22.6. The maximum Gasteiger partial charge on any atom is 0.410 e. The number of halogens is 1. The van der Waals surface area contributed by atoms with Gasteiger partial charge in [-0.2, -0.15) is 0 Å². The number of aromatic nitrogens is 3. The number of amides is 1. The van der Waals surface area contributed by atoms with E-state index >= 15 is 0 Å². The van der Waals surface area contributed by atoms with Crippen molar-refractivity contribution in [3.8, 4) is 5.75 Å². The standard InChI is InChI=1S/C21H25BrN4O5/c1-20(2,3)31-19(28)25-8-13(9-25)15-11-26(24-23-15)10-12-6-7-14(22)17-16(12)18(27)30-21(4,5)29-17/h6-7,11,13H,8-10H2,1-5H3. The van der Waals surface area contributed by atoms with Crippen LogP contribution in [0, 0.1) is 0 Å². The molecule has 1 amide bonds. The lowest BCUT2D eigenvalue weighted by molar-refractivity contribution is -0.127. The van der Waals surface area contributed by atoms with Crippen LogP contribution < -0.4 is 4.74 Å². The number of benzene rings is 1. The van der Waals surface area contributed by atoms with Crippen LogP contribution in [0.5, 0.6) is 5.75 Å². The Bertz CT molecular complexity index is 1040. The molecule has 0 N–H and O–H groups in total. The van der Waals surface area contributed by atoms with Gasteiger partial charge >= 0.3 is 12.1 Å². The Labute approximate surface area is 188 Å². The first-order valence-electron chi connectivity index (χ1n) is 10.0. The molecule has 0 saturated carbocycles. The van der Waals surface area contributed by atoms with Gasteiger partial charge in [-0.3, -0.25) is 0 Å². The van der Waals surface area contributed by atoms with Crippen molar-refractivity contribution in [2.24, 2.45) is 0 Å². The van der Waals surface area contributed by atoms with Crippen molar-refractivity contribution in [2.75, 3.05) is 13.1 Å². The summed E-state index contributed by atoms with van der Waals surface area (Å²) in [5, 5.41) is 8.45. The second-order valence-corrected chi connectivity index (χ2v) is 10.1. The van der Waals surface area contributed by atoms with Gasteiger partial charge in [-0.05, 0) is 48.3 Å². The summed E-state index contributed by atoms with van der Waals surface area (Å²) in [5.74, 6) is -0.897. The summed E-state index contributed by atoms with van der Waals surface area (Å²) in [7, 11) is 0. The van der Waals surface area contributed by atoms with Crippen molar-refractivity contribution in [3.05, 3.63) is 39.6 Å². The van der Waals surface area contributed by atoms with Gasteiger partial charge < -0.3 is 19.1 Å². The average molecular weight is 493 g/mol. The lowest BCUT2D eigenvalue weighted by Crippen LogP contribution is -2.50. The van der Waals surface area contributed by atoms with Gasteiger partial charge in [0, 0.05) is 39.1 Å². The van der Waals surface area contributed by atoms with Crippen LogP contribution in [0.1, 0.15) is 62.2 Å². The minimum absolute atomic E-state index is 0.106. The molecule has 1 aromatic heterocycles. The summed E-state index contributed by atoms with van der Waals surface area (Å²) in [6, 6.07) is 3.67. The Morgan fingerprint density at radius 2 is 2.00 bits per heavy atom. The fourth-order valence-corrected chi connectivity index (χ4v) is 3.90. The van der Waals surface area contributed by atoms with Gasteiger partial charge in [0.05, 0.1) is 16.7 Å². The number of carbonyl (C=O) groups is 2. The number of cyclic esters (lactones) is 1. The van der Waals surface area contributed by atoms with E-state index in [0.717, 1.165) is 11.3 Å². The summed E-state index contributed by atoms with van der Waals surface area (Å²) in [6.07, 6.45) is 1.52. The minimum Gasteiger partial charge on any atom is -0.451 e. The molecule has 2 aliphatic rings. The monoisotopic (exact) mass is 492 g/mol. The molecule has 1 aromatic carbocycles. The van der Waals surface area contributed by atoms with Crippen molar-refractivity contribution in [1.29, 1.82) is 0 Å². The highest BCUT2D eigenvalue weighted by molar-refractivity contribution is 9.10. The molecule has 1 fully saturated rings. The summed E-state index contributed by atoms with van der Waals surface area (Å²) in [6.45, 7) is 10.3. The number of fused-ring (bicyclic) bond motifs is 1. The van der Waals surface area contributed by atoms with E-state index in [4.69, 9.17) is 14.2 Å². The predicted molar refractivity (Wildman–Crippen MR) is 114 cm³/mol. The summed E-state index contributed by atoms with van der Waals surface area (Å²) < 4.78 is 19.0. The highest BCUT2D eigenvalue weighted by Crippen LogP contribution is 2.39. The molecule has 4 rings (SSSR count). The van der Waals surface area contributed by atoms with Gasteiger partial charge in [0.15, 0.2) is 5.75 Å². The molecule has 0 aliphatic carbocycles. The van der Waals surface area contributed by atoms with Crippen LogP contribution >= 0.6 is 15.9 Å². The van der Waals surface area contributed by atoms with Crippen molar-refractivity contribution >= 4 is 28.0 Å². The molecule has 0 radical (unpaired) electrons.